The molecule has 4 nitrogen and oxygen atoms in total. The van der Waals surface area contributed by atoms with E-state index in [0.29, 0.717) is 18.0 Å². The predicted molar refractivity (Wildman–Crippen MR) is 131 cm³/mol. The summed E-state index contributed by atoms with van der Waals surface area (Å²) in [6, 6.07) is 22.6. The van der Waals surface area contributed by atoms with E-state index in [-0.39, 0.29) is 11.9 Å². The first-order valence-corrected chi connectivity index (χ1v) is 11.3. The van der Waals surface area contributed by atoms with Crippen LogP contribution in [0.15, 0.2) is 66.7 Å². The van der Waals surface area contributed by atoms with Crippen LogP contribution in [-0.4, -0.2) is 15.5 Å². The lowest BCUT2D eigenvalue weighted by molar-refractivity contribution is 0.0937. The van der Waals surface area contributed by atoms with E-state index >= 15 is 0 Å². The Labute approximate surface area is 190 Å². The lowest BCUT2D eigenvalue weighted by atomic mass is 10.0. The average Bonchev–Trinajstić information content (AvgIpc) is 3.12. The van der Waals surface area contributed by atoms with Crippen LogP contribution >= 0.6 is 0 Å². The van der Waals surface area contributed by atoms with Crippen molar-refractivity contribution in [3.63, 3.8) is 0 Å². The molecule has 3 aromatic carbocycles. The second-order valence-corrected chi connectivity index (χ2v) is 8.95. The largest absolute Gasteiger partial charge is 0.342 e. The molecule has 1 heterocycles. The van der Waals surface area contributed by atoms with Crippen LogP contribution in [0.1, 0.15) is 71.2 Å². The van der Waals surface area contributed by atoms with Crippen LogP contribution in [0.2, 0.25) is 0 Å². The number of fused-ring (bicyclic) bond motifs is 1. The topological polar surface area (TPSA) is 46.9 Å². The molecule has 0 fully saturated rings. The summed E-state index contributed by atoms with van der Waals surface area (Å²) in [5.74, 6) is 1.29. The van der Waals surface area contributed by atoms with E-state index in [0.717, 1.165) is 28.0 Å². The smallest absolute Gasteiger partial charge is 0.252 e. The molecule has 0 bridgehead atoms. The summed E-state index contributed by atoms with van der Waals surface area (Å²) >= 11 is 0. The van der Waals surface area contributed by atoms with Crippen LogP contribution in [-0.2, 0) is 6.54 Å². The molecule has 4 heteroatoms. The maximum absolute atomic E-state index is 13.0. The van der Waals surface area contributed by atoms with Gasteiger partial charge in [-0.05, 0) is 61.6 Å². The summed E-state index contributed by atoms with van der Waals surface area (Å²) in [4.78, 5) is 17.9. The molecular formula is C28H31N3O. The van der Waals surface area contributed by atoms with Crippen molar-refractivity contribution in [3.05, 3.63) is 100 Å². The molecule has 32 heavy (non-hydrogen) atoms. The monoisotopic (exact) mass is 425 g/mol. The van der Waals surface area contributed by atoms with Crippen molar-refractivity contribution in [2.75, 3.05) is 0 Å². The molecule has 1 atom stereocenters. The van der Waals surface area contributed by atoms with Gasteiger partial charge in [0.1, 0.15) is 5.82 Å². The van der Waals surface area contributed by atoms with Gasteiger partial charge in [-0.2, -0.15) is 0 Å². The molecule has 0 aliphatic carbocycles. The maximum atomic E-state index is 13.0. The van der Waals surface area contributed by atoms with E-state index in [1.165, 1.54) is 11.1 Å². The summed E-state index contributed by atoms with van der Waals surface area (Å²) in [5, 5.41) is 3.16. The number of hydrogen-bond donors (Lipinski definition) is 1. The molecule has 1 N–H and O–H groups in total. The molecular weight excluding hydrogens is 394 g/mol. The van der Waals surface area contributed by atoms with Crippen molar-refractivity contribution in [3.8, 4) is 0 Å². The number of nitrogens with zero attached hydrogens (tertiary/aromatic N) is 2. The van der Waals surface area contributed by atoms with Crippen molar-refractivity contribution in [1.29, 1.82) is 0 Å². The van der Waals surface area contributed by atoms with Crippen molar-refractivity contribution < 1.29 is 4.79 Å². The summed E-state index contributed by atoms with van der Waals surface area (Å²) in [7, 11) is 0. The number of carbonyl (C=O) groups is 1. The quantitative estimate of drug-likeness (QED) is 0.393. The number of rotatable bonds is 6. The first-order chi connectivity index (χ1) is 15.3. The number of imidazole rings is 1. The zero-order valence-corrected chi connectivity index (χ0v) is 19.5. The van der Waals surface area contributed by atoms with Gasteiger partial charge >= 0.3 is 0 Å². The number of aryl methyl sites for hydroxylation is 2. The van der Waals surface area contributed by atoms with Crippen LogP contribution < -0.4 is 5.32 Å². The Kier molecular flexibility index (Phi) is 6.13. The fraction of sp³-hybridized carbons (Fsp3) is 0.286. The Morgan fingerprint density at radius 1 is 0.969 bits per heavy atom. The number of nitrogens with one attached hydrogen (secondary N) is 1. The number of aromatic nitrogens is 2. The molecule has 0 aliphatic rings. The van der Waals surface area contributed by atoms with Crippen LogP contribution in [0.5, 0.6) is 0 Å². The third-order valence-corrected chi connectivity index (χ3v) is 6.03. The molecule has 1 aromatic heterocycles. The molecule has 1 unspecified atom stereocenters. The maximum Gasteiger partial charge on any atom is 0.252 e. The van der Waals surface area contributed by atoms with Crippen LogP contribution in [0.25, 0.3) is 11.0 Å². The highest BCUT2D eigenvalue weighted by Crippen LogP contribution is 2.24. The van der Waals surface area contributed by atoms with Gasteiger partial charge in [0, 0.05) is 12.1 Å². The summed E-state index contributed by atoms with van der Waals surface area (Å²) in [6.07, 6.45) is 0. The fourth-order valence-electron chi connectivity index (χ4n) is 4.19. The average molecular weight is 426 g/mol. The third-order valence-electron chi connectivity index (χ3n) is 6.03. The summed E-state index contributed by atoms with van der Waals surface area (Å²) < 4.78 is 2.21. The van der Waals surface area contributed by atoms with Gasteiger partial charge < -0.3 is 9.88 Å². The Balaban J connectivity index is 1.65. The number of para-hydroxylation sites is 2. The molecule has 0 radical (unpaired) electrons. The van der Waals surface area contributed by atoms with E-state index < -0.39 is 0 Å². The molecule has 0 aliphatic heterocycles. The highest BCUT2D eigenvalue weighted by molar-refractivity contribution is 5.96. The van der Waals surface area contributed by atoms with Gasteiger partial charge in [-0.3, -0.25) is 4.79 Å². The number of carbonyl (C=O) groups excluding carboxylic acids is 1. The molecule has 164 valence electrons. The minimum atomic E-state index is -0.231. The van der Waals surface area contributed by atoms with Gasteiger partial charge in [-0.1, -0.05) is 67.9 Å². The van der Waals surface area contributed by atoms with Gasteiger partial charge in [-0.25, -0.2) is 4.98 Å². The first kappa shape index (κ1) is 21.8. The summed E-state index contributed by atoms with van der Waals surface area (Å²) in [6.45, 7) is 11.1. The number of amides is 1. The van der Waals surface area contributed by atoms with E-state index in [9.17, 15) is 4.79 Å². The van der Waals surface area contributed by atoms with E-state index in [4.69, 9.17) is 4.98 Å². The lowest BCUT2D eigenvalue weighted by Crippen LogP contribution is -2.29. The van der Waals surface area contributed by atoms with Crippen molar-refractivity contribution in [2.45, 2.75) is 53.1 Å². The number of benzene rings is 3. The Morgan fingerprint density at radius 2 is 1.69 bits per heavy atom. The highest BCUT2D eigenvalue weighted by atomic mass is 16.1. The van der Waals surface area contributed by atoms with Gasteiger partial charge in [0.25, 0.3) is 5.91 Å². The molecule has 0 saturated carbocycles. The Hall–Kier alpha value is -3.40. The molecule has 4 rings (SSSR count). The van der Waals surface area contributed by atoms with Gasteiger partial charge in [-0.15, -0.1) is 0 Å². The first-order valence-electron chi connectivity index (χ1n) is 11.3. The SMILES string of the molecule is Cc1ccc(C(=O)NC(C)c2nc3ccccc3n2Cc2ccc(C(C)C)cc2)c(C)c1. The standard InChI is InChI=1S/C28H31N3O/c1-18(2)23-13-11-22(12-14-23)17-31-26-9-7-6-8-25(26)30-27(31)21(5)29-28(32)24-15-10-19(3)16-20(24)4/h6-16,18,21H,17H2,1-5H3,(H,29,32). The molecule has 0 spiro atoms. The van der Waals surface area contributed by atoms with Crippen LogP contribution in [0.4, 0.5) is 0 Å². The number of hydrogen-bond acceptors (Lipinski definition) is 2. The second kappa shape index (κ2) is 8.99. The van der Waals surface area contributed by atoms with E-state index in [2.05, 4.69) is 54.1 Å². The second-order valence-electron chi connectivity index (χ2n) is 8.95. The predicted octanol–water partition coefficient (Wildman–Crippen LogP) is 6.32. The van der Waals surface area contributed by atoms with Gasteiger partial charge in [0.05, 0.1) is 17.1 Å². The molecule has 0 saturated heterocycles. The van der Waals surface area contributed by atoms with Gasteiger partial charge in [0.15, 0.2) is 0 Å². The Bertz CT molecular complexity index is 1250. The lowest BCUT2D eigenvalue weighted by Gasteiger charge is -2.18. The van der Waals surface area contributed by atoms with Crippen LogP contribution in [0.3, 0.4) is 0 Å². The normalized spacial score (nSPS) is 12.3. The summed E-state index contributed by atoms with van der Waals surface area (Å²) in [5.41, 5.74) is 7.39. The minimum Gasteiger partial charge on any atom is -0.342 e. The highest BCUT2D eigenvalue weighted by Gasteiger charge is 2.20. The van der Waals surface area contributed by atoms with E-state index in [1.807, 2.05) is 57.2 Å². The van der Waals surface area contributed by atoms with Crippen molar-refractivity contribution in [1.82, 2.24) is 14.9 Å². The van der Waals surface area contributed by atoms with Crippen molar-refractivity contribution >= 4 is 16.9 Å². The van der Waals surface area contributed by atoms with E-state index in [1.54, 1.807) is 0 Å². The van der Waals surface area contributed by atoms with Gasteiger partial charge in [0.2, 0.25) is 0 Å². The third kappa shape index (κ3) is 4.45. The fourth-order valence-corrected chi connectivity index (χ4v) is 4.19. The zero-order valence-electron chi connectivity index (χ0n) is 19.5. The van der Waals surface area contributed by atoms with Crippen LogP contribution in [0, 0.1) is 13.8 Å². The molecule has 1 amide bonds. The van der Waals surface area contributed by atoms with Crippen molar-refractivity contribution in [2.24, 2.45) is 0 Å². The molecule has 4 aromatic rings. The zero-order chi connectivity index (χ0) is 22.8. The Morgan fingerprint density at radius 3 is 2.38 bits per heavy atom. The minimum absolute atomic E-state index is 0.0742.